The van der Waals surface area contributed by atoms with E-state index in [1.54, 1.807) is 35.1 Å². The fourth-order valence-electron chi connectivity index (χ4n) is 3.18. The van der Waals surface area contributed by atoms with Gasteiger partial charge in [-0.15, -0.1) is 0 Å². The van der Waals surface area contributed by atoms with Gasteiger partial charge < -0.3 is 5.32 Å². The SMILES string of the molecule is O=C(NCCc1ccc(-n2cccn2)cc1)c1ccc(S(=O)(=O)Nc2ccc(Cl)cc2)cc1. The van der Waals surface area contributed by atoms with Crippen molar-refractivity contribution < 1.29 is 13.2 Å². The van der Waals surface area contributed by atoms with E-state index in [0.717, 1.165) is 11.3 Å². The highest BCUT2D eigenvalue weighted by Gasteiger charge is 2.15. The van der Waals surface area contributed by atoms with Crippen LogP contribution in [0.25, 0.3) is 5.69 Å². The minimum absolute atomic E-state index is 0.0614. The topological polar surface area (TPSA) is 93.1 Å². The van der Waals surface area contributed by atoms with Gasteiger partial charge in [0.05, 0.1) is 10.6 Å². The van der Waals surface area contributed by atoms with Crippen molar-refractivity contribution in [1.82, 2.24) is 15.1 Å². The zero-order valence-electron chi connectivity index (χ0n) is 17.5. The maximum absolute atomic E-state index is 12.5. The van der Waals surface area contributed by atoms with Crippen molar-refractivity contribution in [2.24, 2.45) is 0 Å². The summed E-state index contributed by atoms with van der Waals surface area (Å²) in [6.07, 6.45) is 4.27. The van der Waals surface area contributed by atoms with Crippen LogP contribution in [0.3, 0.4) is 0 Å². The highest BCUT2D eigenvalue weighted by Crippen LogP contribution is 2.19. The van der Waals surface area contributed by atoms with Crippen LogP contribution in [0.5, 0.6) is 0 Å². The largest absolute Gasteiger partial charge is 0.352 e. The number of sulfonamides is 1. The zero-order chi connectivity index (χ0) is 23.3. The third-order valence-corrected chi connectivity index (χ3v) is 6.58. The molecule has 33 heavy (non-hydrogen) atoms. The van der Waals surface area contributed by atoms with Crippen molar-refractivity contribution in [3.63, 3.8) is 0 Å². The summed E-state index contributed by atoms with van der Waals surface area (Å²) in [5, 5.41) is 7.57. The molecule has 0 aliphatic carbocycles. The number of nitrogens with one attached hydrogen (secondary N) is 2. The van der Waals surface area contributed by atoms with Crippen LogP contribution in [-0.4, -0.2) is 30.7 Å². The molecule has 168 valence electrons. The molecule has 9 heteroatoms. The molecule has 3 aromatic carbocycles. The van der Waals surface area contributed by atoms with E-state index in [1.165, 1.54) is 24.3 Å². The summed E-state index contributed by atoms with van der Waals surface area (Å²) in [7, 11) is -3.77. The molecule has 0 unspecified atom stereocenters. The molecule has 1 heterocycles. The average Bonchev–Trinajstić information content (AvgIpc) is 3.36. The predicted octanol–water partition coefficient (Wildman–Crippen LogP) is 4.30. The van der Waals surface area contributed by atoms with Crippen molar-refractivity contribution in [3.8, 4) is 5.69 Å². The van der Waals surface area contributed by atoms with Crippen LogP contribution >= 0.6 is 11.6 Å². The molecule has 4 rings (SSSR count). The Labute approximate surface area is 197 Å². The summed E-state index contributed by atoms with van der Waals surface area (Å²) in [4.78, 5) is 12.5. The smallest absolute Gasteiger partial charge is 0.261 e. The van der Waals surface area contributed by atoms with E-state index in [9.17, 15) is 13.2 Å². The van der Waals surface area contributed by atoms with Crippen molar-refractivity contribution in [2.45, 2.75) is 11.3 Å². The first-order chi connectivity index (χ1) is 15.9. The zero-order valence-corrected chi connectivity index (χ0v) is 19.1. The summed E-state index contributed by atoms with van der Waals surface area (Å²) < 4.78 is 29.4. The van der Waals surface area contributed by atoms with Gasteiger partial charge in [0, 0.05) is 35.2 Å². The summed E-state index contributed by atoms with van der Waals surface area (Å²) in [6, 6.07) is 21.9. The van der Waals surface area contributed by atoms with E-state index >= 15 is 0 Å². The van der Waals surface area contributed by atoms with Crippen molar-refractivity contribution in [3.05, 3.63) is 107 Å². The van der Waals surface area contributed by atoms with Crippen molar-refractivity contribution >= 4 is 33.2 Å². The Morgan fingerprint density at radius 1 is 0.939 bits per heavy atom. The first kappa shape index (κ1) is 22.6. The summed E-state index contributed by atoms with van der Waals surface area (Å²) in [5.41, 5.74) is 2.84. The lowest BCUT2D eigenvalue weighted by molar-refractivity contribution is 0.0954. The number of hydrogen-bond acceptors (Lipinski definition) is 4. The number of anilines is 1. The summed E-state index contributed by atoms with van der Waals surface area (Å²) >= 11 is 5.83. The molecular weight excluding hydrogens is 460 g/mol. The number of benzene rings is 3. The lowest BCUT2D eigenvalue weighted by Gasteiger charge is -2.09. The second kappa shape index (κ2) is 9.89. The molecule has 0 aliphatic heterocycles. The molecule has 0 radical (unpaired) electrons. The molecule has 0 atom stereocenters. The van der Waals surface area contributed by atoms with Gasteiger partial charge in [-0.2, -0.15) is 5.10 Å². The summed E-state index contributed by atoms with van der Waals surface area (Å²) in [5.74, 6) is -0.266. The van der Waals surface area contributed by atoms with E-state index in [-0.39, 0.29) is 10.8 Å². The molecule has 0 saturated heterocycles. The number of halogens is 1. The molecule has 1 amide bonds. The molecule has 2 N–H and O–H groups in total. The molecule has 0 spiro atoms. The molecule has 0 bridgehead atoms. The van der Waals surface area contributed by atoms with E-state index < -0.39 is 10.0 Å². The minimum atomic E-state index is -3.77. The molecule has 1 aromatic heterocycles. The standard InChI is InChI=1S/C24H21ClN4O3S/c25-20-6-8-21(9-7-20)28-33(31,32)23-12-4-19(5-13-23)24(30)26-16-14-18-2-10-22(11-3-18)29-17-1-15-27-29/h1-13,15,17,28H,14,16H2,(H,26,30). The highest BCUT2D eigenvalue weighted by molar-refractivity contribution is 7.92. The van der Waals surface area contributed by atoms with Crippen LogP contribution in [-0.2, 0) is 16.4 Å². The Balaban J connectivity index is 1.31. The van der Waals surface area contributed by atoms with Crippen LogP contribution in [0.1, 0.15) is 15.9 Å². The minimum Gasteiger partial charge on any atom is -0.352 e. The Bertz CT molecular complexity index is 1320. The Hall–Kier alpha value is -3.62. The van der Waals surface area contributed by atoms with Crippen LogP contribution in [0, 0.1) is 0 Å². The number of carbonyl (C=O) groups excluding carboxylic acids is 1. The van der Waals surface area contributed by atoms with Gasteiger partial charge in [0.15, 0.2) is 0 Å². The fraction of sp³-hybridized carbons (Fsp3) is 0.0833. The van der Waals surface area contributed by atoms with Gasteiger partial charge in [0.2, 0.25) is 0 Å². The average molecular weight is 481 g/mol. The van der Waals surface area contributed by atoms with E-state index in [4.69, 9.17) is 11.6 Å². The number of hydrogen-bond donors (Lipinski definition) is 2. The lowest BCUT2D eigenvalue weighted by Crippen LogP contribution is -2.25. The molecule has 4 aromatic rings. The van der Waals surface area contributed by atoms with E-state index in [2.05, 4.69) is 15.1 Å². The molecule has 0 saturated carbocycles. The van der Waals surface area contributed by atoms with E-state index in [0.29, 0.717) is 29.2 Å². The van der Waals surface area contributed by atoms with Gasteiger partial charge in [0.25, 0.3) is 15.9 Å². The van der Waals surface area contributed by atoms with Gasteiger partial charge in [0.1, 0.15) is 0 Å². The van der Waals surface area contributed by atoms with Crippen LogP contribution in [0.15, 0.2) is 96.2 Å². The molecular formula is C24H21ClN4O3S. The number of rotatable bonds is 8. The van der Waals surface area contributed by atoms with Gasteiger partial charge in [-0.25, -0.2) is 13.1 Å². The van der Waals surface area contributed by atoms with Gasteiger partial charge in [-0.05, 0) is 78.7 Å². The monoisotopic (exact) mass is 480 g/mol. The van der Waals surface area contributed by atoms with Crippen LogP contribution < -0.4 is 10.0 Å². The number of aromatic nitrogens is 2. The predicted molar refractivity (Wildman–Crippen MR) is 128 cm³/mol. The molecule has 7 nitrogen and oxygen atoms in total. The van der Waals surface area contributed by atoms with Crippen molar-refractivity contribution in [2.75, 3.05) is 11.3 Å². The number of nitrogens with zero attached hydrogens (tertiary/aromatic N) is 2. The third-order valence-electron chi connectivity index (χ3n) is 4.93. The Kier molecular flexibility index (Phi) is 6.76. The maximum Gasteiger partial charge on any atom is 0.261 e. The fourth-order valence-corrected chi connectivity index (χ4v) is 4.36. The number of amides is 1. The molecule has 0 fully saturated rings. The van der Waals surface area contributed by atoms with Gasteiger partial charge >= 0.3 is 0 Å². The molecule has 0 aliphatic rings. The first-order valence-electron chi connectivity index (χ1n) is 10.2. The third kappa shape index (κ3) is 5.79. The van der Waals surface area contributed by atoms with Crippen LogP contribution in [0.2, 0.25) is 5.02 Å². The summed E-state index contributed by atoms with van der Waals surface area (Å²) in [6.45, 7) is 0.456. The lowest BCUT2D eigenvalue weighted by atomic mass is 10.1. The Morgan fingerprint density at radius 3 is 2.27 bits per heavy atom. The Morgan fingerprint density at radius 2 is 1.64 bits per heavy atom. The number of carbonyl (C=O) groups is 1. The van der Waals surface area contributed by atoms with Crippen molar-refractivity contribution in [1.29, 1.82) is 0 Å². The van der Waals surface area contributed by atoms with Gasteiger partial charge in [-0.3, -0.25) is 9.52 Å². The normalized spacial score (nSPS) is 11.2. The van der Waals surface area contributed by atoms with Gasteiger partial charge in [-0.1, -0.05) is 23.7 Å². The first-order valence-corrected chi connectivity index (χ1v) is 12.0. The second-order valence-corrected chi connectivity index (χ2v) is 9.38. The highest BCUT2D eigenvalue weighted by atomic mass is 35.5. The maximum atomic E-state index is 12.5. The van der Waals surface area contributed by atoms with Crippen LogP contribution in [0.4, 0.5) is 5.69 Å². The quantitative estimate of drug-likeness (QED) is 0.393. The second-order valence-electron chi connectivity index (χ2n) is 7.26. The van der Waals surface area contributed by atoms with E-state index in [1.807, 2.05) is 36.5 Å².